The van der Waals surface area contributed by atoms with Gasteiger partial charge in [0, 0.05) is 25.7 Å². The molecule has 24 heavy (non-hydrogen) atoms. The van der Waals surface area contributed by atoms with Crippen LogP contribution in [0.25, 0.3) is 6.08 Å². The molecular weight excluding hydrogens is 332 g/mol. The standard InChI is InChI=1S/C15H22N4O4S/c1-22-13(20)9-12-14(21)19-11-18(10-16-15(19)24-12)4-2-3-17-5-7-23-8-6-17/h9H,2-8,10-11H2,1H3/b12-9+. The minimum atomic E-state index is -0.520. The van der Waals surface area contributed by atoms with E-state index in [0.29, 0.717) is 22.7 Å². The largest absolute Gasteiger partial charge is 0.466 e. The predicted octanol–water partition coefficient (Wildman–Crippen LogP) is -1.56. The van der Waals surface area contributed by atoms with E-state index >= 15 is 0 Å². The molecule has 0 aliphatic carbocycles. The van der Waals surface area contributed by atoms with Gasteiger partial charge in [0.15, 0.2) is 4.80 Å². The van der Waals surface area contributed by atoms with E-state index in [1.54, 1.807) is 4.57 Å². The Kier molecular flexibility index (Phi) is 5.77. The predicted molar refractivity (Wildman–Crippen MR) is 89.3 cm³/mol. The van der Waals surface area contributed by atoms with Crippen LogP contribution in [0.1, 0.15) is 6.42 Å². The number of thiazole rings is 1. The molecule has 2 aliphatic rings. The second-order valence-corrected chi connectivity index (χ2v) is 6.80. The van der Waals surface area contributed by atoms with Crippen molar-refractivity contribution in [2.75, 3.05) is 53.2 Å². The molecule has 1 saturated heterocycles. The van der Waals surface area contributed by atoms with Gasteiger partial charge in [-0.05, 0) is 13.0 Å². The summed E-state index contributed by atoms with van der Waals surface area (Å²) in [6.07, 6.45) is 2.27. The van der Waals surface area contributed by atoms with Gasteiger partial charge in [-0.3, -0.25) is 19.2 Å². The maximum atomic E-state index is 12.4. The van der Waals surface area contributed by atoms with Crippen LogP contribution in [0.3, 0.4) is 0 Å². The third-order valence-electron chi connectivity index (χ3n) is 4.14. The molecule has 1 aromatic heterocycles. The zero-order valence-electron chi connectivity index (χ0n) is 13.8. The number of nitrogens with zero attached hydrogens (tertiary/aromatic N) is 4. The van der Waals surface area contributed by atoms with Crippen molar-refractivity contribution in [1.82, 2.24) is 14.4 Å². The van der Waals surface area contributed by atoms with E-state index < -0.39 is 5.97 Å². The van der Waals surface area contributed by atoms with Gasteiger partial charge in [-0.25, -0.2) is 9.79 Å². The van der Waals surface area contributed by atoms with Crippen LogP contribution in [-0.4, -0.2) is 73.5 Å². The fourth-order valence-corrected chi connectivity index (χ4v) is 3.73. The van der Waals surface area contributed by atoms with Crippen molar-refractivity contribution in [2.24, 2.45) is 4.99 Å². The van der Waals surface area contributed by atoms with Crippen molar-refractivity contribution in [3.63, 3.8) is 0 Å². The third-order valence-corrected chi connectivity index (χ3v) is 5.18. The van der Waals surface area contributed by atoms with E-state index in [2.05, 4.69) is 19.5 Å². The number of hydrogen-bond acceptors (Lipinski definition) is 8. The van der Waals surface area contributed by atoms with Crippen molar-refractivity contribution >= 4 is 23.4 Å². The first-order valence-electron chi connectivity index (χ1n) is 8.03. The van der Waals surface area contributed by atoms with Crippen LogP contribution in [0.15, 0.2) is 9.79 Å². The quantitative estimate of drug-likeness (QED) is 0.595. The maximum absolute atomic E-state index is 12.4. The average molecular weight is 354 g/mol. The van der Waals surface area contributed by atoms with Gasteiger partial charge in [-0.15, -0.1) is 0 Å². The number of ether oxygens (including phenoxy) is 2. The van der Waals surface area contributed by atoms with Crippen LogP contribution in [0.5, 0.6) is 0 Å². The molecule has 1 fully saturated rings. The Morgan fingerprint density at radius 3 is 2.83 bits per heavy atom. The molecule has 0 radical (unpaired) electrons. The Balaban J connectivity index is 1.59. The van der Waals surface area contributed by atoms with Gasteiger partial charge in [0.1, 0.15) is 4.53 Å². The molecule has 0 atom stereocenters. The molecule has 0 N–H and O–H groups in total. The van der Waals surface area contributed by atoms with Crippen LogP contribution < -0.4 is 14.9 Å². The Morgan fingerprint density at radius 1 is 1.33 bits per heavy atom. The Hall–Kier alpha value is -1.55. The maximum Gasteiger partial charge on any atom is 0.332 e. The van der Waals surface area contributed by atoms with Gasteiger partial charge < -0.3 is 9.47 Å². The molecule has 2 aliphatic heterocycles. The van der Waals surface area contributed by atoms with Gasteiger partial charge in [-0.1, -0.05) is 11.3 Å². The van der Waals surface area contributed by atoms with Crippen LogP contribution in [-0.2, 0) is 20.9 Å². The minimum absolute atomic E-state index is 0.179. The molecule has 9 heteroatoms. The summed E-state index contributed by atoms with van der Waals surface area (Å²) in [5, 5.41) is 0. The van der Waals surface area contributed by atoms with Crippen molar-refractivity contribution in [3.8, 4) is 0 Å². The number of hydrogen-bond donors (Lipinski definition) is 0. The van der Waals surface area contributed by atoms with E-state index in [9.17, 15) is 9.59 Å². The normalized spacial score (nSPS) is 19.8. The summed E-state index contributed by atoms with van der Waals surface area (Å²) in [5.74, 6) is -0.520. The minimum Gasteiger partial charge on any atom is -0.466 e. The second-order valence-electron chi connectivity index (χ2n) is 5.79. The Labute approximate surface area is 143 Å². The molecule has 3 rings (SSSR count). The van der Waals surface area contributed by atoms with E-state index in [0.717, 1.165) is 45.8 Å². The molecule has 0 bridgehead atoms. The molecule has 0 saturated carbocycles. The van der Waals surface area contributed by atoms with Crippen molar-refractivity contribution < 1.29 is 14.3 Å². The average Bonchev–Trinajstić information content (AvgIpc) is 2.91. The SMILES string of the molecule is COC(=O)/C=c1/sc2n(c1=O)CN(CCCN1CCOCC1)CN=2. The summed E-state index contributed by atoms with van der Waals surface area (Å²) in [4.78, 5) is 33.3. The van der Waals surface area contributed by atoms with Crippen LogP contribution in [0, 0.1) is 0 Å². The van der Waals surface area contributed by atoms with E-state index in [1.165, 1.54) is 24.5 Å². The lowest BCUT2D eigenvalue weighted by molar-refractivity contribution is -0.133. The Morgan fingerprint density at radius 2 is 2.08 bits per heavy atom. The van der Waals surface area contributed by atoms with Gasteiger partial charge in [-0.2, -0.15) is 0 Å². The highest BCUT2D eigenvalue weighted by atomic mass is 32.1. The number of esters is 1. The number of carbonyl (C=O) groups is 1. The van der Waals surface area contributed by atoms with Crippen LogP contribution in [0.4, 0.5) is 0 Å². The molecule has 3 heterocycles. The summed E-state index contributed by atoms with van der Waals surface area (Å²) < 4.78 is 11.9. The monoisotopic (exact) mass is 354 g/mol. The molecule has 132 valence electrons. The van der Waals surface area contributed by atoms with Gasteiger partial charge in [0.2, 0.25) is 0 Å². The molecule has 0 amide bonds. The number of morpholine rings is 1. The summed E-state index contributed by atoms with van der Waals surface area (Å²) in [6, 6.07) is 0. The van der Waals surface area contributed by atoms with E-state index in [4.69, 9.17) is 4.74 Å². The first-order chi connectivity index (χ1) is 11.7. The van der Waals surface area contributed by atoms with Gasteiger partial charge in [0.25, 0.3) is 5.56 Å². The zero-order chi connectivity index (χ0) is 16.9. The fraction of sp³-hybridized carbons (Fsp3) is 0.667. The molecule has 1 aromatic rings. The highest BCUT2D eigenvalue weighted by molar-refractivity contribution is 7.07. The highest BCUT2D eigenvalue weighted by Gasteiger charge is 2.16. The lowest BCUT2D eigenvalue weighted by Gasteiger charge is -2.28. The first kappa shape index (κ1) is 17.3. The van der Waals surface area contributed by atoms with Gasteiger partial charge in [0.05, 0.1) is 33.7 Å². The lowest BCUT2D eigenvalue weighted by atomic mass is 10.3. The number of aromatic nitrogens is 1. The third kappa shape index (κ3) is 4.10. The molecule has 8 nitrogen and oxygen atoms in total. The molecule has 0 spiro atoms. The van der Waals surface area contributed by atoms with Crippen LogP contribution >= 0.6 is 11.3 Å². The highest BCUT2D eigenvalue weighted by Crippen LogP contribution is 2.02. The topological polar surface area (TPSA) is 76.4 Å². The van der Waals surface area contributed by atoms with Crippen molar-refractivity contribution in [2.45, 2.75) is 13.1 Å². The lowest BCUT2D eigenvalue weighted by Crippen LogP contribution is -2.44. The fourth-order valence-electron chi connectivity index (χ4n) is 2.81. The van der Waals surface area contributed by atoms with Crippen molar-refractivity contribution in [1.29, 1.82) is 0 Å². The Bertz CT molecular complexity index is 751. The number of rotatable bonds is 5. The zero-order valence-corrected chi connectivity index (χ0v) is 14.6. The second kappa shape index (κ2) is 8.02. The molecule has 0 aromatic carbocycles. The van der Waals surface area contributed by atoms with Crippen molar-refractivity contribution in [3.05, 3.63) is 19.7 Å². The number of carbonyl (C=O) groups excluding carboxylic acids is 1. The van der Waals surface area contributed by atoms with Gasteiger partial charge >= 0.3 is 5.97 Å². The number of methoxy groups -OCH3 is 1. The smallest absolute Gasteiger partial charge is 0.332 e. The summed E-state index contributed by atoms with van der Waals surface area (Å²) in [5.41, 5.74) is -0.179. The summed E-state index contributed by atoms with van der Waals surface area (Å²) >= 11 is 1.23. The van der Waals surface area contributed by atoms with E-state index in [1.807, 2.05) is 0 Å². The van der Waals surface area contributed by atoms with E-state index in [-0.39, 0.29) is 5.56 Å². The first-order valence-corrected chi connectivity index (χ1v) is 8.85. The summed E-state index contributed by atoms with van der Waals surface area (Å²) in [7, 11) is 1.30. The van der Waals surface area contributed by atoms with Crippen LogP contribution in [0.2, 0.25) is 0 Å². The molecule has 0 unspecified atom stereocenters. The molecular formula is C15H22N4O4S. The number of fused-ring (bicyclic) bond motifs is 1. The summed E-state index contributed by atoms with van der Waals surface area (Å²) in [6.45, 7) is 6.63.